The minimum absolute atomic E-state index is 0.0622. The summed E-state index contributed by atoms with van der Waals surface area (Å²) in [5.74, 6) is -0.0886. The van der Waals surface area contributed by atoms with E-state index in [1.165, 1.54) is 23.0 Å². The Kier molecular flexibility index (Phi) is 8.98. The molecule has 2 N–H and O–H groups in total. The summed E-state index contributed by atoms with van der Waals surface area (Å²) in [6.07, 6.45) is 6.39. The molecule has 0 aliphatic carbocycles. The molecule has 6 heterocycles. The SMILES string of the molecule is CC1CN(C2COC2)C(C)CN1c1ccc(Nc2cc(-c3ccnc(-n4ncc5cc(C(C)(C)C)cc(F)c5c4=O)c3CO)cn(C)c2=O)nc1. The van der Waals surface area contributed by atoms with Gasteiger partial charge in [0.05, 0.1) is 49.3 Å². The third kappa shape index (κ3) is 6.41. The number of nitrogens with zero attached hydrogens (tertiary/aromatic N) is 7. The number of piperazine rings is 1. The molecule has 51 heavy (non-hydrogen) atoms. The molecule has 0 amide bonds. The number of aliphatic hydroxyl groups is 1. The molecule has 12 nitrogen and oxygen atoms in total. The molecule has 266 valence electrons. The molecule has 1 aromatic carbocycles. The topological polar surface area (TPSA) is 131 Å². The summed E-state index contributed by atoms with van der Waals surface area (Å²) < 4.78 is 23.3. The molecule has 13 heteroatoms. The predicted molar refractivity (Wildman–Crippen MR) is 195 cm³/mol. The Morgan fingerprint density at radius 1 is 1.00 bits per heavy atom. The van der Waals surface area contributed by atoms with Gasteiger partial charge in [-0.1, -0.05) is 20.8 Å². The van der Waals surface area contributed by atoms with Gasteiger partial charge < -0.3 is 24.6 Å². The lowest BCUT2D eigenvalue weighted by Gasteiger charge is -2.50. The summed E-state index contributed by atoms with van der Waals surface area (Å²) in [6.45, 7) is 13.3. The Hall–Kier alpha value is -4.98. The van der Waals surface area contributed by atoms with Crippen LogP contribution in [-0.4, -0.2) is 78.8 Å². The number of pyridine rings is 3. The first-order valence-electron chi connectivity index (χ1n) is 17.2. The van der Waals surface area contributed by atoms with Crippen molar-refractivity contribution in [1.82, 2.24) is 29.2 Å². The van der Waals surface area contributed by atoms with Gasteiger partial charge in [-0.05, 0) is 66.8 Å². The first-order chi connectivity index (χ1) is 24.3. The van der Waals surface area contributed by atoms with E-state index in [0.29, 0.717) is 46.0 Å². The van der Waals surface area contributed by atoms with Gasteiger partial charge in [0.25, 0.3) is 11.1 Å². The summed E-state index contributed by atoms with van der Waals surface area (Å²) in [5.41, 5.74) is 2.12. The van der Waals surface area contributed by atoms with Crippen LogP contribution in [0.3, 0.4) is 0 Å². The number of hydrogen-bond acceptors (Lipinski definition) is 10. The largest absolute Gasteiger partial charge is 0.392 e. The van der Waals surface area contributed by atoms with Gasteiger partial charge in [0.1, 0.15) is 17.3 Å². The Balaban J connectivity index is 1.18. The minimum Gasteiger partial charge on any atom is -0.392 e. The Labute approximate surface area is 295 Å². The number of hydrogen-bond donors (Lipinski definition) is 2. The van der Waals surface area contributed by atoms with Crippen LogP contribution in [0.4, 0.5) is 21.6 Å². The lowest BCUT2D eigenvalue weighted by atomic mass is 9.86. The smallest absolute Gasteiger partial charge is 0.283 e. The van der Waals surface area contributed by atoms with E-state index in [1.807, 2.05) is 39.1 Å². The number of anilines is 3. The average Bonchev–Trinajstić information content (AvgIpc) is 3.07. The fourth-order valence-electron chi connectivity index (χ4n) is 7.06. The summed E-state index contributed by atoms with van der Waals surface area (Å²) in [7, 11) is 1.64. The van der Waals surface area contributed by atoms with Crippen LogP contribution in [0.15, 0.2) is 70.8 Å². The van der Waals surface area contributed by atoms with Crippen LogP contribution >= 0.6 is 0 Å². The van der Waals surface area contributed by atoms with Gasteiger partial charge in [0.15, 0.2) is 5.82 Å². The van der Waals surface area contributed by atoms with Crippen LogP contribution in [0.5, 0.6) is 0 Å². The highest BCUT2D eigenvalue weighted by Gasteiger charge is 2.36. The van der Waals surface area contributed by atoms with Gasteiger partial charge >= 0.3 is 0 Å². The first-order valence-corrected chi connectivity index (χ1v) is 17.2. The molecule has 2 aliphatic heterocycles. The van der Waals surface area contributed by atoms with Crippen molar-refractivity contribution in [2.45, 2.75) is 64.8 Å². The normalized spacial score (nSPS) is 18.6. The van der Waals surface area contributed by atoms with Gasteiger partial charge in [0.2, 0.25) is 0 Å². The van der Waals surface area contributed by atoms with Crippen molar-refractivity contribution in [2.24, 2.45) is 7.05 Å². The Morgan fingerprint density at radius 3 is 2.45 bits per heavy atom. The van der Waals surface area contributed by atoms with Crippen molar-refractivity contribution in [3.05, 3.63) is 98.8 Å². The van der Waals surface area contributed by atoms with E-state index in [0.717, 1.165) is 42.2 Å². The molecule has 2 atom stereocenters. The molecule has 0 radical (unpaired) electrons. The second-order valence-electron chi connectivity index (χ2n) is 14.7. The van der Waals surface area contributed by atoms with Gasteiger partial charge in [-0.15, -0.1) is 0 Å². The first kappa shape index (κ1) is 34.5. The molecular formula is C38H43FN8O4. The van der Waals surface area contributed by atoms with Crippen molar-refractivity contribution >= 4 is 28.0 Å². The molecule has 5 aromatic rings. The molecule has 2 unspecified atom stereocenters. The van der Waals surface area contributed by atoms with Gasteiger partial charge in [-0.2, -0.15) is 9.78 Å². The van der Waals surface area contributed by atoms with E-state index in [9.17, 15) is 14.7 Å². The lowest BCUT2D eigenvalue weighted by molar-refractivity contribution is -0.0828. The van der Waals surface area contributed by atoms with Crippen molar-refractivity contribution < 1.29 is 14.2 Å². The highest BCUT2D eigenvalue weighted by molar-refractivity contribution is 5.83. The summed E-state index contributed by atoms with van der Waals surface area (Å²) in [5, 5.41) is 18.4. The number of ether oxygens (including phenoxy) is 1. The molecule has 2 saturated heterocycles. The van der Waals surface area contributed by atoms with Crippen LogP contribution in [0.2, 0.25) is 0 Å². The quantitative estimate of drug-likeness (QED) is 0.251. The van der Waals surface area contributed by atoms with Crippen molar-refractivity contribution in [1.29, 1.82) is 0 Å². The summed E-state index contributed by atoms with van der Waals surface area (Å²) in [4.78, 5) is 40.9. The fourth-order valence-corrected chi connectivity index (χ4v) is 7.06. The number of nitrogens with one attached hydrogen (secondary N) is 1. The van der Waals surface area contributed by atoms with Crippen LogP contribution in [0.1, 0.15) is 45.7 Å². The van der Waals surface area contributed by atoms with Crippen molar-refractivity contribution in [3.8, 4) is 16.9 Å². The van der Waals surface area contributed by atoms with E-state index in [4.69, 9.17) is 4.74 Å². The van der Waals surface area contributed by atoms with Gasteiger partial charge in [-0.3, -0.25) is 14.5 Å². The number of fused-ring (bicyclic) bond motifs is 1. The lowest BCUT2D eigenvalue weighted by Crippen LogP contribution is -2.63. The minimum atomic E-state index is -0.694. The molecule has 7 rings (SSSR count). The zero-order valence-corrected chi connectivity index (χ0v) is 29.7. The zero-order valence-electron chi connectivity index (χ0n) is 29.7. The third-order valence-corrected chi connectivity index (χ3v) is 10.1. The highest BCUT2D eigenvalue weighted by Crippen LogP contribution is 2.31. The van der Waals surface area contributed by atoms with Gasteiger partial charge in [-0.25, -0.2) is 14.4 Å². The van der Waals surface area contributed by atoms with E-state index in [-0.39, 0.29) is 27.9 Å². The van der Waals surface area contributed by atoms with Crippen LogP contribution in [-0.2, 0) is 23.8 Å². The van der Waals surface area contributed by atoms with Crippen LogP contribution in [0, 0.1) is 5.82 Å². The van der Waals surface area contributed by atoms with E-state index in [1.54, 1.807) is 31.4 Å². The molecule has 0 bridgehead atoms. The van der Waals surface area contributed by atoms with E-state index >= 15 is 4.39 Å². The van der Waals surface area contributed by atoms with Crippen molar-refractivity contribution in [3.63, 3.8) is 0 Å². The Bertz CT molecular complexity index is 2230. The standard InChI is InChI=1S/C38H43FN8O4/c1-22-17-46(28-20-51-21-28)23(2)16-45(22)27-7-8-33(41-15-27)43-32-12-25(18-44(6)36(32)49)29-9-10-40-35(30(29)19-48)47-37(50)34-24(14-42-47)11-26(13-31(34)39)38(3,4)5/h7-15,18,22-23,28,48H,16-17,19-21H2,1-6H3,(H,41,43). The number of aliphatic hydroxyl groups excluding tert-OH is 1. The number of aryl methyl sites for hydroxylation is 1. The second-order valence-corrected chi connectivity index (χ2v) is 14.7. The number of aromatic nitrogens is 5. The Morgan fingerprint density at radius 2 is 1.78 bits per heavy atom. The maximum absolute atomic E-state index is 15.4. The fraction of sp³-hybridized carbons (Fsp3) is 0.395. The molecule has 0 saturated carbocycles. The molecule has 0 spiro atoms. The summed E-state index contributed by atoms with van der Waals surface area (Å²) >= 11 is 0. The summed E-state index contributed by atoms with van der Waals surface area (Å²) in [6, 6.07) is 11.6. The molecule has 2 aliphatic rings. The average molecular weight is 695 g/mol. The van der Waals surface area contributed by atoms with E-state index in [2.05, 4.69) is 44.0 Å². The van der Waals surface area contributed by atoms with E-state index < -0.39 is 18.0 Å². The van der Waals surface area contributed by atoms with Crippen molar-refractivity contribution in [2.75, 3.05) is 36.5 Å². The molecule has 2 fully saturated rings. The maximum atomic E-state index is 15.4. The number of benzene rings is 1. The third-order valence-electron chi connectivity index (χ3n) is 10.1. The zero-order chi connectivity index (χ0) is 36.2. The highest BCUT2D eigenvalue weighted by atomic mass is 19.1. The number of rotatable bonds is 7. The molecular weight excluding hydrogens is 651 g/mol. The monoisotopic (exact) mass is 694 g/mol. The molecule has 4 aromatic heterocycles. The maximum Gasteiger partial charge on any atom is 0.283 e. The van der Waals surface area contributed by atoms with Crippen LogP contribution < -0.4 is 21.3 Å². The van der Waals surface area contributed by atoms with Gasteiger partial charge in [0, 0.05) is 61.1 Å². The number of halogens is 1. The second kappa shape index (κ2) is 13.3. The predicted octanol–water partition coefficient (Wildman–Crippen LogP) is 4.51. The van der Waals surface area contributed by atoms with Crippen LogP contribution in [0.25, 0.3) is 27.7 Å².